The Bertz CT molecular complexity index is 965. The predicted octanol–water partition coefficient (Wildman–Crippen LogP) is 3.29. The van der Waals surface area contributed by atoms with Crippen molar-refractivity contribution in [3.63, 3.8) is 0 Å². The Balaban J connectivity index is 2.25. The molecule has 1 aromatic carbocycles. The average Bonchev–Trinajstić information content (AvgIpc) is 2.84. The Hall–Kier alpha value is -1.77. The summed E-state index contributed by atoms with van der Waals surface area (Å²) in [5, 5.41) is 3.27. The first-order chi connectivity index (χ1) is 16.5. The van der Waals surface area contributed by atoms with E-state index in [-0.39, 0.29) is 0 Å². The second-order valence-electron chi connectivity index (χ2n) is 7.31. The lowest BCUT2D eigenvalue weighted by Crippen LogP contribution is -2.58. The number of aromatic nitrogens is 2. The molecule has 0 fully saturated rings. The van der Waals surface area contributed by atoms with Crippen LogP contribution in [-0.2, 0) is 26.6 Å². The molecule has 8 nitrogen and oxygen atoms in total. The van der Waals surface area contributed by atoms with E-state index in [0.29, 0.717) is 50.3 Å². The lowest BCUT2D eigenvalue weighted by molar-refractivity contribution is 0.0843. The third-order valence-corrected chi connectivity index (χ3v) is 11.0. The Morgan fingerprint density at radius 1 is 0.471 bits per heavy atom. The fraction of sp³-hybridized carbons (Fsp3) is 0.500. The summed E-state index contributed by atoms with van der Waals surface area (Å²) in [6.45, 7) is 14.4. The summed E-state index contributed by atoms with van der Waals surface area (Å²) < 4.78 is 36.5. The van der Waals surface area contributed by atoms with Crippen LogP contribution in [0.1, 0.15) is 41.5 Å². The maximum Gasteiger partial charge on any atom is 0.556 e. The van der Waals surface area contributed by atoms with Gasteiger partial charge in [0, 0.05) is 50.4 Å². The molecule has 0 aliphatic heterocycles. The number of hydrogen-bond acceptors (Lipinski definition) is 8. The van der Waals surface area contributed by atoms with Crippen LogP contribution in [0.5, 0.6) is 0 Å². The summed E-state index contributed by atoms with van der Waals surface area (Å²) in [5.41, 5.74) is 1.50. The SMILES string of the molecule is CCO[Si](OCC)(OCC)c1ccc2ccc3ccc([Si](OCC)(OCC)OCC)nc3c2n1. The smallest absolute Gasteiger partial charge is 0.369 e. The monoisotopic (exact) mass is 504 g/mol. The summed E-state index contributed by atoms with van der Waals surface area (Å²) in [5.74, 6) is 0. The molecule has 0 amide bonds. The van der Waals surface area contributed by atoms with Crippen molar-refractivity contribution in [2.75, 3.05) is 39.6 Å². The van der Waals surface area contributed by atoms with Crippen molar-refractivity contribution >= 4 is 50.0 Å². The molecule has 0 unspecified atom stereocenters. The Morgan fingerprint density at radius 2 is 0.735 bits per heavy atom. The first-order valence-electron chi connectivity index (χ1n) is 12.1. The summed E-state index contributed by atoms with van der Waals surface area (Å²) in [6.07, 6.45) is 0. The molecule has 34 heavy (non-hydrogen) atoms. The summed E-state index contributed by atoms with van der Waals surface area (Å²) in [4.78, 5) is 10.0. The van der Waals surface area contributed by atoms with Gasteiger partial charge in [0.2, 0.25) is 0 Å². The Kier molecular flexibility index (Phi) is 9.68. The van der Waals surface area contributed by atoms with Crippen LogP contribution < -0.4 is 10.6 Å². The third-order valence-electron chi connectivity index (χ3n) is 5.15. The number of pyridine rings is 2. The van der Waals surface area contributed by atoms with Gasteiger partial charge in [-0.2, -0.15) is 0 Å². The molecular formula is C24H36N2O6Si2. The first kappa shape index (κ1) is 26.8. The average molecular weight is 505 g/mol. The maximum absolute atomic E-state index is 6.09. The fourth-order valence-corrected chi connectivity index (χ4v) is 8.68. The van der Waals surface area contributed by atoms with Gasteiger partial charge in [-0.3, -0.25) is 0 Å². The van der Waals surface area contributed by atoms with Crippen LogP contribution in [0.4, 0.5) is 0 Å². The van der Waals surface area contributed by atoms with Crippen molar-refractivity contribution in [2.24, 2.45) is 0 Å². The summed E-state index contributed by atoms with van der Waals surface area (Å²) in [7, 11) is -6.34. The highest BCUT2D eigenvalue weighted by Gasteiger charge is 2.46. The highest BCUT2D eigenvalue weighted by Crippen LogP contribution is 2.23. The Morgan fingerprint density at radius 3 is 1.00 bits per heavy atom. The van der Waals surface area contributed by atoms with Crippen LogP contribution in [0, 0.1) is 0 Å². The van der Waals surface area contributed by atoms with Crippen LogP contribution in [0.15, 0.2) is 36.4 Å². The summed E-state index contributed by atoms with van der Waals surface area (Å²) >= 11 is 0. The van der Waals surface area contributed by atoms with E-state index in [2.05, 4.69) is 0 Å². The van der Waals surface area contributed by atoms with Crippen LogP contribution in [0.3, 0.4) is 0 Å². The van der Waals surface area contributed by atoms with Crippen LogP contribution in [-0.4, -0.2) is 67.2 Å². The third kappa shape index (κ3) is 5.39. The molecule has 2 heterocycles. The van der Waals surface area contributed by atoms with Crippen molar-refractivity contribution in [1.82, 2.24) is 9.97 Å². The molecule has 0 saturated carbocycles. The van der Waals surface area contributed by atoms with Gasteiger partial charge in [-0.15, -0.1) is 0 Å². The second kappa shape index (κ2) is 12.3. The molecule has 0 N–H and O–H groups in total. The number of benzene rings is 1. The van der Waals surface area contributed by atoms with Gasteiger partial charge < -0.3 is 26.6 Å². The van der Waals surface area contributed by atoms with Crippen LogP contribution in [0.25, 0.3) is 21.8 Å². The minimum atomic E-state index is -3.17. The van der Waals surface area contributed by atoms with E-state index >= 15 is 0 Å². The van der Waals surface area contributed by atoms with E-state index in [1.807, 2.05) is 77.9 Å². The zero-order valence-electron chi connectivity index (χ0n) is 21.1. The second-order valence-corrected chi connectivity index (χ2v) is 12.3. The molecule has 2 aromatic heterocycles. The molecule has 3 aromatic rings. The molecule has 0 spiro atoms. The normalized spacial score (nSPS) is 12.6. The minimum absolute atomic E-state index is 0.467. The molecule has 0 saturated heterocycles. The molecular weight excluding hydrogens is 468 g/mol. The van der Waals surface area contributed by atoms with Gasteiger partial charge in [0.15, 0.2) is 0 Å². The van der Waals surface area contributed by atoms with Crippen molar-refractivity contribution in [3.05, 3.63) is 36.4 Å². The van der Waals surface area contributed by atoms with E-state index in [9.17, 15) is 0 Å². The minimum Gasteiger partial charge on any atom is -0.369 e. The topological polar surface area (TPSA) is 81.2 Å². The lowest BCUT2D eigenvalue weighted by Gasteiger charge is -2.28. The predicted molar refractivity (Wildman–Crippen MR) is 138 cm³/mol. The molecule has 0 aliphatic carbocycles. The standard InChI is InChI=1S/C24H36N2O6Si2/c1-7-27-33(28-8-2,29-9-3)21-17-15-19-13-14-20-16-18-22(26-24(20)23(19)25-21)34(30-10-4,31-11-5)32-12-6/h13-18H,7-12H2,1-6H3. The van der Waals surface area contributed by atoms with Gasteiger partial charge in [-0.05, 0) is 53.7 Å². The lowest BCUT2D eigenvalue weighted by atomic mass is 10.1. The van der Waals surface area contributed by atoms with E-state index in [1.54, 1.807) is 0 Å². The van der Waals surface area contributed by atoms with Crippen molar-refractivity contribution < 1.29 is 26.6 Å². The van der Waals surface area contributed by atoms with Gasteiger partial charge in [0.05, 0.1) is 11.0 Å². The molecule has 3 rings (SSSR count). The van der Waals surface area contributed by atoms with Gasteiger partial charge >= 0.3 is 17.6 Å². The van der Waals surface area contributed by atoms with Crippen LogP contribution in [0.2, 0.25) is 0 Å². The first-order valence-corrected chi connectivity index (χ1v) is 15.5. The molecule has 0 radical (unpaired) electrons. The van der Waals surface area contributed by atoms with E-state index in [4.69, 9.17) is 36.5 Å². The van der Waals surface area contributed by atoms with Gasteiger partial charge in [-0.1, -0.05) is 24.3 Å². The molecule has 186 valence electrons. The van der Waals surface area contributed by atoms with E-state index in [1.165, 1.54) is 0 Å². The zero-order valence-corrected chi connectivity index (χ0v) is 23.1. The largest absolute Gasteiger partial charge is 0.556 e. The number of rotatable bonds is 14. The quantitative estimate of drug-likeness (QED) is 0.244. The van der Waals surface area contributed by atoms with E-state index < -0.39 is 17.6 Å². The number of hydrogen-bond donors (Lipinski definition) is 0. The van der Waals surface area contributed by atoms with Crippen molar-refractivity contribution in [1.29, 1.82) is 0 Å². The van der Waals surface area contributed by atoms with Gasteiger partial charge in [-0.25, -0.2) is 9.97 Å². The van der Waals surface area contributed by atoms with Crippen LogP contribution >= 0.6 is 0 Å². The molecule has 0 aliphatic rings. The molecule has 0 atom stereocenters. The zero-order chi connectivity index (χ0) is 24.6. The maximum atomic E-state index is 6.09. The van der Waals surface area contributed by atoms with Crippen molar-refractivity contribution in [2.45, 2.75) is 41.5 Å². The fourth-order valence-electron chi connectivity index (χ4n) is 3.94. The number of nitrogens with zero attached hydrogens (tertiary/aromatic N) is 2. The van der Waals surface area contributed by atoms with E-state index in [0.717, 1.165) is 21.8 Å². The summed E-state index contributed by atoms with van der Waals surface area (Å²) in [6, 6.07) is 12.0. The van der Waals surface area contributed by atoms with Crippen molar-refractivity contribution in [3.8, 4) is 0 Å². The highest BCUT2D eigenvalue weighted by molar-refractivity contribution is 6.75. The van der Waals surface area contributed by atoms with Gasteiger partial charge in [0.1, 0.15) is 10.6 Å². The Labute approximate surface area is 204 Å². The number of fused-ring (bicyclic) bond motifs is 3. The molecule has 10 heteroatoms. The molecule has 0 bridgehead atoms. The van der Waals surface area contributed by atoms with Gasteiger partial charge in [0.25, 0.3) is 0 Å². The highest BCUT2D eigenvalue weighted by atomic mass is 28.4.